The largest absolute Gasteiger partial charge is 0.493 e. The van der Waals surface area contributed by atoms with Crippen molar-refractivity contribution in [3.63, 3.8) is 0 Å². The summed E-state index contributed by atoms with van der Waals surface area (Å²) >= 11 is 0. The van der Waals surface area contributed by atoms with Gasteiger partial charge in [-0.2, -0.15) is 0 Å². The van der Waals surface area contributed by atoms with Crippen molar-refractivity contribution < 1.29 is 9.53 Å². The van der Waals surface area contributed by atoms with Crippen LogP contribution >= 0.6 is 0 Å². The second kappa shape index (κ2) is 14.5. The van der Waals surface area contributed by atoms with Crippen molar-refractivity contribution in [3.8, 4) is 0 Å². The van der Waals surface area contributed by atoms with Gasteiger partial charge in [0.25, 0.3) is 0 Å². The van der Waals surface area contributed by atoms with Crippen LogP contribution in [0.5, 0.6) is 0 Å². The molecule has 0 aromatic rings. The number of carbonyl (C=O) groups excluding carboxylic acids is 1. The fourth-order valence-electron chi connectivity index (χ4n) is 5.59. The average Bonchev–Trinajstić information content (AvgIpc) is 3.40. The summed E-state index contributed by atoms with van der Waals surface area (Å²) in [5, 5.41) is 0. The maximum Gasteiger partial charge on any atom is 0.236 e. The molecule has 34 heavy (non-hydrogen) atoms. The first-order chi connectivity index (χ1) is 16.4. The Kier molecular flexibility index (Phi) is 12.1. The third-order valence-electron chi connectivity index (χ3n) is 7.42. The molecule has 4 atom stereocenters. The minimum Gasteiger partial charge on any atom is -0.493 e. The monoisotopic (exact) mass is 471 g/mol. The van der Waals surface area contributed by atoms with Crippen LogP contribution in [0.1, 0.15) is 66.2 Å². The lowest BCUT2D eigenvalue weighted by Crippen LogP contribution is -2.45. The molecule has 2 aliphatic heterocycles. The molecule has 192 valence electrons. The van der Waals surface area contributed by atoms with E-state index in [4.69, 9.17) is 10.5 Å². The number of hydrogen-bond acceptors (Lipinski definition) is 4. The molecule has 2 N–H and O–H groups in total. The third-order valence-corrected chi connectivity index (χ3v) is 7.42. The normalized spacial score (nSPS) is 26.1. The van der Waals surface area contributed by atoms with E-state index >= 15 is 0 Å². The van der Waals surface area contributed by atoms with Crippen LogP contribution in [0, 0.1) is 17.8 Å². The van der Waals surface area contributed by atoms with Gasteiger partial charge in [0.2, 0.25) is 5.91 Å². The van der Waals surface area contributed by atoms with Gasteiger partial charge in [-0.3, -0.25) is 9.69 Å². The molecule has 2 rings (SSSR count). The molecule has 2 fully saturated rings. The second-order valence-electron chi connectivity index (χ2n) is 10.1. The number of likely N-dealkylation sites (tertiary alicyclic amines) is 1. The van der Waals surface area contributed by atoms with Crippen molar-refractivity contribution in [2.45, 2.75) is 72.3 Å². The van der Waals surface area contributed by atoms with Crippen molar-refractivity contribution in [2.24, 2.45) is 23.5 Å². The Bertz CT molecular complexity index is 742. The molecule has 2 saturated heterocycles. The fraction of sp³-hybridized carbons (Fsp3) is 0.690. The highest BCUT2D eigenvalue weighted by Gasteiger charge is 2.42. The Morgan fingerprint density at radius 2 is 2.09 bits per heavy atom. The number of nitrogens with zero attached hydrogens (tertiary/aromatic N) is 2. The smallest absolute Gasteiger partial charge is 0.236 e. The molecule has 0 aliphatic carbocycles. The van der Waals surface area contributed by atoms with E-state index in [2.05, 4.69) is 51.0 Å². The van der Waals surface area contributed by atoms with E-state index in [1.165, 1.54) is 18.4 Å². The van der Waals surface area contributed by atoms with E-state index in [9.17, 15) is 4.79 Å². The van der Waals surface area contributed by atoms with Gasteiger partial charge in [-0.25, -0.2) is 0 Å². The summed E-state index contributed by atoms with van der Waals surface area (Å²) in [6, 6.07) is 0.301. The van der Waals surface area contributed by atoms with Crippen LogP contribution in [-0.4, -0.2) is 61.1 Å². The standard InChI is InChI=1S/C29H49N3O2/c1-7-11-15-31(16-14-30)29(33)21-32-20-26(23(6)19-24-13-17-34-28(24)10-4)25(9-3)27(32)18-22(5)12-8-2/h9-10,19,22,25-27H,3,6-8,11-18,20-21,30H2,1-2,4-5H3/b24-19-,28-10+/t22?,25-,26-,27+/m1/s1. The van der Waals surface area contributed by atoms with E-state index in [1.807, 2.05) is 17.9 Å². The average molecular weight is 472 g/mol. The summed E-state index contributed by atoms with van der Waals surface area (Å²) in [4.78, 5) is 17.7. The summed E-state index contributed by atoms with van der Waals surface area (Å²) in [6.07, 6.45) is 12.8. The van der Waals surface area contributed by atoms with Gasteiger partial charge in [0, 0.05) is 50.5 Å². The molecule has 2 heterocycles. The maximum absolute atomic E-state index is 13.3. The Balaban J connectivity index is 2.25. The molecule has 0 spiro atoms. The number of nitrogens with two attached hydrogens (primary N) is 1. The summed E-state index contributed by atoms with van der Waals surface area (Å²) in [5.74, 6) is 2.32. The Morgan fingerprint density at radius 1 is 1.32 bits per heavy atom. The summed E-state index contributed by atoms with van der Waals surface area (Å²) < 4.78 is 5.75. The van der Waals surface area contributed by atoms with Gasteiger partial charge in [-0.15, -0.1) is 6.58 Å². The number of amides is 1. The topological polar surface area (TPSA) is 58.8 Å². The molecule has 0 radical (unpaired) electrons. The highest BCUT2D eigenvalue weighted by atomic mass is 16.5. The van der Waals surface area contributed by atoms with Gasteiger partial charge >= 0.3 is 0 Å². The highest BCUT2D eigenvalue weighted by molar-refractivity contribution is 5.78. The number of ether oxygens (including phenoxy) is 1. The van der Waals surface area contributed by atoms with E-state index < -0.39 is 0 Å². The first-order valence-corrected chi connectivity index (χ1v) is 13.4. The lowest BCUT2D eigenvalue weighted by Gasteiger charge is -2.31. The SMILES string of the molecule is C=C[C@@H]1[C@@H](C(=C)/C=C2/CCO/C2=C/C)CN(CC(=O)N(CCN)CCCC)[C@H]1CC(C)CCC. The molecule has 0 aromatic heterocycles. The lowest BCUT2D eigenvalue weighted by atomic mass is 9.81. The number of hydrogen-bond donors (Lipinski definition) is 1. The Morgan fingerprint density at radius 3 is 2.71 bits per heavy atom. The summed E-state index contributed by atoms with van der Waals surface area (Å²) in [7, 11) is 0. The molecule has 5 nitrogen and oxygen atoms in total. The molecular weight excluding hydrogens is 422 g/mol. The minimum atomic E-state index is 0.194. The van der Waals surface area contributed by atoms with Crippen LogP contribution in [0.2, 0.25) is 0 Å². The quantitative estimate of drug-likeness (QED) is 0.349. The molecule has 0 aromatic carbocycles. The Hall–Kier alpha value is -1.85. The van der Waals surface area contributed by atoms with Crippen LogP contribution < -0.4 is 5.73 Å². The van der Waals surface area contributed by atoms with Gasteiger partial charge in [0.05, 0.1) is 13.2 Å². The molecule has 0 saturated carbocycles. The second-order valence-corrected chi connectivity index (χ2v) is 10.1. The lowest BCUT2D eigenvalue weighted by molar-refractivity contribution is -0.132. The van der Waals surface area contributed by atoms with Crippen molar-refractivity contribution >= 4 is 5.91 Å². The molecule has 0 bridgehead atoms. The van der Waals surface area contributed by atoms with Gasteiger partial charge < -0.3 is 15.4 Å². The van der Waals surface area contributed by atoms with E-state index in [1.54, 1.807) is 0 Å². The van der Waals surface area contributed by atoms with Crippen molar-refractivity contribution in [2.75, 3.05) is 39.3 Å². The van der Waals surface area contributed by atoms with E-state index in [0.29, 0.717) is 31.6 Å². The van der Waals surface area contributed by atoms with Crippen LogP contribution in [0.25, 0.3) is 0 Å². The number of carbonyl (C=O) groups is 1. The van der Waals surface area contributed by atoms with Crippen LogP contribution in [0.15, 0.2) is 48.3 Å². The molecule has 2 aliphatic rings. The van der Waals surface area contributed by atoms with E-state index in [0.717, 1.165) is 56.7 Å². The van der Waals surface area contributed by atoms with Crippen molar-refractivity contribution in [3.05, 3.63) is 48.3 Å². The first-order valence-electron chi connectivity index (χ1n) is 13.4. The highest BCUT2D eigenvalue weighted by Crippen LogP contribution is 2.40. The molecular formula is C29H49N3O2. The zero-order chi connectivity index (χ0) is 25.1. The summed E-state index contributed by atoms with van der Waals surface area (Å²) in [5.41, 5.74) is 8.18. The van der Waals surface area contributed by atoms with Gasteiger partial charge in [-0.1, -0.05) is 58.8 Å². The van der Waals surface area contributed by atoms with Gasteiger partial charge in [0.1, 0.15) is 5.76 Å². The predicted molar refractivity (Wildman–Crippen MR) is 143 cm³/mol. The Labute approximate surface area is 208 Å². The molecule has 1 amide bonds. The predicted octanol–water partition coefficient (Wildman–Crippen LogP) is 5.31. The number of unbranched alkanes of at least 4 members (excludes halogenated alkanes) is 1. The van der Waals surface area contributed by atoms with E-state index in [-0.39, 0.29) is 17.7 Å². The first kappa shape index (κ1) is 28.4. The zero-order valence-corrected chi connectivity index (χ0v) is 22.2. The molecule has 1 unspecified atom stereocenters. The van der Waals surface area contributed by atoms with Crippen molar-refractivity contribution in [1.29, 1.82) is 0 Å². The van der Waals surface area contributed by atoms with Crippen LogP contribution in [0.3, 0.4) is 0 Å². The van der Waals surface area contributed by atoms with Crippen LogP contribution in [0.4, 0.5) is 0 Å². The number of allylic oxidation sites excluding steroid dienone is 3. The maximum atomic E-state index is 13.3. The molecule has 5 heteroatoms. The van der Waals surface area contributed by atoms with Crippen molar-refractivity contribution in [1.82, 2.24) is 9.80 Å². The van der Waals surface area contributed by atoms with Crippen LogP contribution in [-0.2, 0) is 9.53 Å². The summed E-state index contributed by atoms with van der Waals surface area (Å²) in [6.45, 7) is 21.4. The van der Waals surface area contributed by atoms with Gasteiger partial charge in [-0.05, 0) is 42.9 Å². The minimum absolute atomic E-state index is 0.194. The number of rotatable bonds is 14. The van der Waals surface area contributed by atoms with Gasteiger partial charge in [0.15, 0.2) is 0 Å². The third kappa shape index (κ3) is 7.58. The zero-order valence-electron chi connectivity index (χ0n) is 22.2. The fourth-order valence-corrected chi connectivity index (χ4v) is 5.59.